The van der Waals surface area contributed by atoms with Crippen LogP contribution >= 0.6 is 22.6 Å². The van der Waals surface area contributed by atoms with Gasteiger partial charge in [-0.05, 0) is 0 Å². The van der Waals surface area contributed by atoms with E-state index in [4.69, 9.17) is 0 Å². The lowest BCUT2D eigenvalue weighted by atomic mass is 9.81. The van der Waals surface area contributed by atoms with E-state index >= 15 is 0 Å². The average Bonchev–Trinajstić information content (AvgIpc) is 2.84. The third kappa shape index (κ3) is 5.38. The van der Waals surface area contributed by atoms with Gasteiger partial charge in [-0.25, -0.2) is 4.39 Å². The van der Waals surface area contributed by atoms with Crippen molar-refractivity contribution < 1.29 is 145 Å². The van der Waals surface area contributed by atoms with Crippen LogP contribution < -0.4 is 0 Å². The Balaban J connectivity index is 7.80. The van der Waals surface area contributed by atoms with Gasteiger partial charge in [0, 0.05) is 22.6 Å². The Labute approximate surface area is 261 Å². The smallest absolute Gasteiger partial charge is 0.216 e. The summed E-state index contributed by atoms with van der Waals surface area (Å²) in [5, 5.41) is 0. The lowest BCUT2D eigenvalue weighted by Crippen LogP contribution is -2.80. The van der Waals surface area contributed by atoms with Crippen LogP contribution in [0.15, 0.2) is 0 Å². The van der Waals surface area contributed by atoms with Crippen LogP contribution in [0.5, 0.6) is 0 Å². The third-order valence-corrected chi connectivity index (χ3v) is 6.59. The van der Waals surface area contributed by atoms with Gasteiger partial charge < -0.3 is 0 Å². The van der Waals surface area contributed by atoms with Gasteiger partial charge in [-0.1, -0.05) is 0 Å². The van der Waals surface area contributed by atoms with Crippen molar-refractivity contribution in [1.29, 1.82) is 0 Å². The Bertz CT molecular complexity index is 1220. The molecule has 0 nitrogen and oxygen atoms in total. The number of hydrogen-bond donors (Lipinski definition) is 0. The zero-order chi connectivity index (χ0) is 42.0. The molecule has 50 heavy (non-hydrogen) atoms. The Hall–Kier alpha value is -1.58. The number of alkyl halides is 34. The lowest BCUT2D eigenvalue weighted by Gasteiger charge is -2.47. The molecule has 0 fully saturated rings. The molecule has 0 aromatic carbocycles. The van der Waals surface area contributed by atoms with Crippen LogP contribution in [0.2, 0.25) is 0 Å². The number of hydrogen-bond acceptors (Lipinski definition) is 0. The Morgan fingerprint density at radius 2 is 0.300 bits per heavy atom. The molecule has 0 spiro atoms. The SMILES string of the molecule is FC(F)(F)C(F)(C(F)(F)F)C(F)(F)C(F)(F)C(F)(F)C(F)(F)C(F)(F)C(F)(F)C(F)(F)C(F)(F)C(F)(F)C(F)(F)C(F)(F)C(F)(F)C(F)(F)I. The monoisotopic (exact) mass is 946 g/mol. The molecule has 34 heteroatoms. The van der Waals surface area contributed by atoms with Crippen molar-refractivity contribution in [1.82, 2.24) is 0 Å². The molecule has 302 valence electrons. The van der Waals surface area contributed by atoms with E-state index in [9.17, 15) is 145 Å². The van der Waals surface area contributed by atoms with E-state index < -0.39 is 116 Å². The fraction of sp³-hybridized carbons (Fsp3) is 1.00. The van der Waals surface area contributed by atoms with Gasteiger partial charge >= 0.3 is 93.0 Å². The largest absolute Gasteiger partial charge is 0.438 e. The topological polar surface area (TPSA) is 0 Å². The van der Waals surface area contributed by atoms with Crippen LogP contribution in [0, 0.1) is 0 Å². The van der Waals surface area contributed by atoms with Gasteiger partial charge in [0.05, 0.1) is 0 Å². The van der Waals surface area contributed by atoms with Gasteiger partial charge in [-0.15, -0.1) is 0 Å². The van der Waals surface area contributed by atoms with Crippen LogP contribution in [0.4, 0.5) is 145 Å². The fourth-order valence-electron chi connectivity index (χ4n) is 2.88. The highest BCUT2D eigenvalue weighted by Crippen LogP contribution is 2.70. The normalized spacial score (nSPS) is 17.4. The van der Waals surface area contributed by atoms with Crippen molar-refractivity contribution in [2.24, 2.45) is 0 Å². The predicted molar refractivity (Wildman–Crippen MR) is 94.3 cm³/mol. The highest BCUT2D eigenvalue weighted by atomic mass is 127. The van der Waals surface area contributed by atoms with Crippen LogP contribution in [-0.4, -0.2) is 93.0 Å². The molecule has 0 aliphatic heterocycles. The van der Waals surface area contributed by atoms with Gasteiger partial charge in [0.15, 0.2) is 0 Å². The van der Waals surface area contributed by atoms with Gasteiger partial charge in [0.25, 0.3) is 0 Å². The molecule has 0 atom stereocenters. The van der Waals surface area contributed by atoms with Crippen LogP contribution in [0.3, 0.4) is 0 Å². The molecule has 0 unspecified atom stereocenters. The Morgan fingerprint density at radius 3 is 0.420 bits per heavy atom. The van der Waals surface area contributed by atoms with Crippen molar-refractivity contribution in [3.05, 3.63) is 0 Å². The molecule has 0 saturated heterocycles. The first-order chi connectivity index (χ1) is 20.8. The summed E-state index contributed by atoms with van der Waals surface area (Å²) >= 11 is -1.40. The van der Waals surface area contributed by atoms with Crippen LogP contribution in [0.25, 0.3) is 0 Å². The van der Waals surface area contributed by atoms with Gasteiger partial charge in [-0.3, -0.25) is 0 Å². The Morgan fingerprint density at radius 1 is 0.180 bits per heavy atom. The van der Waals surface area contributed by atoms with E-state index in [0.717, 1.165) is 0 Å². The Kier molecular flexibility index (Phi) is 11.1. The molecule has 0 rings (SSSR count). The van der Waals surface area contributed by atoms with Crippen molar-refractivity contribution in [3.63, 3.8) is 0 Å². The quantitative estimate of drug-likeness (QED) is 0.0981. The standard InChI is InChI=1S/C16F33I/c17-1(14(42,43)44,15(45,46)47)2(18,19)3(20,21)4(22,23)5(24,25)6(26,27)7(28,29)8(30,31)9(32,33)10(34,35)11(36,37)12(38,39)13(40,41)16(48,49)50. The minimum Gasteiger partial charge on any atom is -0.216 e. The van der Waals surface area contributed by atoms with E-state index in [2.05, 4.69) is 0 Å². The molecule has 0 amide bonds. The van der Waals surface area contributed by atoms with Crippen molar-refractivity contribution in [2.45, 2.75) is 93.0 Å². The summed E-state index contributed by atoms with van der Waals surface area (Å²) in [5.41, 5.74) is -9.40. The maximum absolute atomic E-state index is 13.7. The summed E-state index contributed by atoms with van der Waals surface area (Å²) in [5.74, 6) is -117. The van der Waals surface area contributed by atoms with Crippen LogP contribution in [0.1, 0.15) is 0 Å². The second-order valence-corrected chi connectivity index (χ2v) is 10.4. The first kappa shape index (κ1) is 48.4. The van der Waals surface area contributed by atoms with E-state index in [1.165, 1.54) is 0 Å². The third-order valence-electron chi connectivity index (χ3n) is 5.91. The molecule has 0 aliphatic rings. The number of rotatable bonds is 13. The summed E-state index contributed by atoms with van der Waals surface area (Å²) in [4.78, 5) is 0. The summed E-state index contributed by atoms with van der Waals surface area (Å²) < 4.78 is 432. The molecule has 0 aliphatic carbocycles. The second-order valence-electron chi connectivity index (χ2n) is 9.04. The fourth-order valence-corrected chi connectivity index (χ4v) is 3.22. The highest BCUT2D eigenvalue weighted by Gasteiger charge is 3.02. The average molecular weight is 946 g/mol. The van der Waals surface area contributed by atoms with Crippen molar-refractivity contribution in [3.8, 4) is 0 Å². The summed E-state index contributed by atoms with van der Waals surface area (Å²) in [7, 11) is 0. The molecule has 0 aromatic heterocycles. The van der Waals surface area contributed by atoms with E-state index in [0.29, 0.717) is 0 Å². The van der Waals surface area contributed by atoms with Gasteiger partial charge in [0.1, 0.15) is 0 Å². The lowest BCUT2D eigenvalue weighted by molar-refractivity contribution is -0.491. The van der Waals surface area contributed by atoms with Gasteiger partial charge in [-0.2, -0.15) is 140 Å². The first-order valence-electron chi connectivity index (χ1n) is 10.2. The number of halogens is 34. The van der Waals surface area contributed by atoms with Crippen molar-refractivity contribution in [2.75, 3.05) is 0 Å². The molecule has 0 aromatic rings. The summed E-state index contributed by atoms with van der Waals surface area (Å²) in [6.45, 7) is 0. The van der Waals surface area contributed by atoms with E-state index in [1.807, 2.05) is 0 Å². The molecule has 0 N–H and O–H groups in total. The summed E-state index contributed by atoms with van der Waals surface area (Å²) in [6.07, 6.45) is -17.7. The van der Waals surface area contributed by atoms with E-state index in [1.54, 1.807) is 0 Å². The molecule has 0 radical (unpaired) electrons. The first-order valence-corrected chi connectivity index (χ1v) is 11.3. The maximum Gasteiger partial charge on any atom is 0.438 e. The summed E-state index contributed by atoms with van der Waals surface area (Å²) in [6, 6.07) is 0. The molecule has 0 bridgehead atoms. The maximum atomic E-state index is 13.7. The second kappa shape index (κ2) is 11.5. The zero-order valence-corrected chi connectivity index (χ0v) is 23.0. The highest BCUT2D eigenvalue weighted by molar-refractivity contribution is 14.1. The van der Waals surface area contributed by atoms with Crippen molar-refractivity contribution >= 4 is 22.6 Å². The van der Waals surface area contributed by atoms with E-state index in [-0.39, 0.29) is 0 Å². The molecular weight excluding hydrogens is 946 g/mol. The molecule has 0 saturated carbocycles. The molecule has 0 heterocycles. The molecular formula is C16F33I. The minimum absolute atomic E-state index is 1.40. The van der Waals surface area contributed by atoms with Gasteiger partial charge in [0.2, 0.25) is 0 Å². The predicted octanol–water partition coefficient (Wildman–Crippen LogP) is 11.5. The zero-order valence-electron chi connectivity index (χ0n) is 20.9. The van der Waals surface area contributed by atoms with Crippen LogP contribution in [-0.2, 0) is 0 Å². The minimum atomic E-state index is -10.2.